The molecular formula is C24H22N4. The highest BCUT2D eigenvalue weighted by Gasteiger charge is 2.11. The van der Waals surface area contributed by atoms with Crippen LogP contribution in [-0.2, 0) is 6.54 Å². The topological polar surface area (TPSA) is 46.5 Å². The zero-order valence-electron chi connectivity index (χ0n) is 16.3. The van der Waals surface area contributed by atoms with Gasteiger partial charge in [-0.2, -0.15) is 5.26 Å². The van der Waals surface area contributed by atoms with Crippen molar-refractivity contribution < 1.29 is 0 Å². The first-order valence-corrected chi connectivity index (χ1v) is 9.33. The Morgan fingerprint density at radius 3 is 2.68 bits per heavy atom. The van der Waals surface area contributed by atoms with Gasteiger partial charge in [0.15, 0.2) is 0 Å². The van der Waals surface area contributed by atoms with Crippen LogP contribution in [0.15, 0.2) is 66.5 Å². The van der Waals surface area contributed by atoms with E-state index in [4.69, 9.17) is 0 Å². The lowest BCUT2D eigenvalue weighted by molar-refractivity contribution is 0.830. The smallest absolute Gasteiger partial charge is 0.0966 e. The van der Waals surface area contributed by atoms with E-state index in [0.29, 0.717) is 12.1 Å². The molecule has 4 heteroatoms. The third-order valence-corrected chi connectivity index (χ3v) is 5.07. The predicted molar refractivity (Wildman–Crippen MR) is 113 cm³/mol. The molecule has 4 rings (SSSR count). The maximum absolute atomic E-state index is 9.72. The lowest BCUT2D eigenvalue weighted by Gasteiger charge is -2.10. The number of hydrogen-bond acceptors (Lipinski definition) is 2. The van der Waals surface area contributed by atoms with Crippen LogP contribution in [-0.4, -0.2) is 14.1 Å². The normalized spacial score (nSPS) is 11.7. The lowest BCUT2D eigenvalue weighted by atomic mass is 10.1. The zero-order valence-corrected chi connectivity index (χ0v) is 16.3. The molecule has 4 nitrogen and oxygen atoms in total. The summed E-state index contributed by atoms with van der Waals surface area (Å²) in [4.78, 5) is 4.42. The summed E-state index contributed by atoms with van der Waals surface area (Å²) in [6.07, 6.45) is 3.79. The second kappa shape index (κ2) is 7.21. The highest BCUT2D eigenvalue weighted by atomic mass is 15.0. The van der Waals surface area contributed by atoms with Gasteiger partial charge < -0.3 is 9.13 Å². The summed E-state index contributed by atoms with van der Waals surface area (Å²) in [5.74, 6) is 0. The molecule has 0 saturated heterocycles. The number of hydrogen-bond donors (Lipinski definition) is 0. The summed E-state index contributed by atoms with van der Waals surface area (Å²) in [6.45, 7) is 6.80. The molecule has 2 heterocycles. The quantitative estimate of drug-likeness (QED) is 0.457. The molecular weight excluding hydrogens is 344 g/mol. The molecule has 0 unspecified atom stereocenters. The fourth-order valence-electron chi connectivity index (χ4n) is 3.72. The lowest BCUT2D eigenvalue weighted by Crippen LogP contribution is -2.00. The number of nitrogens with zero attached hydrogens (tertiary/aromatic N) is 4. The number of para-hydroxylation sites is 2. The van der Waals surface area contributed by atoms with Gasteiger partial charge in [-0.25, -0.2) is 4.98 Å². The number of nitriles is 1. The molecule has 0 aliphatic heterocycles. The Kier molecular flexibility index (Phi) is 4.58. The van der Waals surface area contributed by atoms with E-state index in [0.717, 1.165) is 33.7 Å². The first kappa shape index (κ1) is 17.8. The summed E-state index contributed by atoms with van der Waals surface area (Å²) in [6, 6.07) is 20.9. The van der Waals surface area contributed by atoms with E-state index in [1.807, 2.05) is 34.9 Å². The van der Waals surface area contributed by atoms with Gasteiger partial charge >= 0.3 is 0 Å². The number of rotatable bonds is 4. The SMILES string of the molecule is Cc1cccc(-n2c(C)cc(/C=C(/C#N)Cn3cnc4ccccc43)c2C)c1. The monoisotopic (exact) mass is 366 g/mol. The molecule has 0 amide bonds. The van der Waals surface area contributed by atoms with Crippen LogP contribution in [0.2, 0.25) is 0 Å². The Hall–Kier alpha value is -3.58. The number of aryl methyl sites for hydroxylation is 2. The molecule has 0 aliphatic rings. The number of fused-ring (bicyclic) bond motifs is 1. The zero-order chi connectivity index (χ0) is 19.7. The molecule has 0 radical (unpaired) electrons. The van der Waals surface area contributed by atoms with Gasteiger partial charge in [0.05, 0.1) is 30.0 Å². The highest BCUT2D eigenvalue weighted by Crippen LogP contribution is 2.24. The van der Waals surface area contributed by atoms with Crippen LogP contribution >= 0.6 is 0 Å². The predicted octanol–water partition coefficient (Wildman–Crippen LogP) is 5.36. The molecule has 4 aromatic rings. The molecule has 0 spiro atoms. The summed E-state index contributed by atoms with van der Waals surface area (Å²) in [5.41, 5.74) is 8.41. The fourth-order valence-corrected chi connectivity index (χ4v) is 3.72. The molecule has 0 atom stereocenters. The molecule has 28 heavy (non-hydrogen) atoms. The molecule has 0 saturated carbocycles. The molecule has 2 aromatic carbocycles. The first-order valence-electron chi connectivity index (χ1n) is 9.33. The van der Waals surface area contributed by atoms with E-state index in [2.05, 4.69) is 66.7 Å². The van der Waals surface area contributed by atoms with Crippen LogP contribution < -0.4 is 0 Å². The maximum Gasteiger partial charge on any atom is 0.0966 e. The van der Waals surface area contributed by atoms with Crippen LogP contribution in [0.4, 0.5) is 0 Å². The average molecular weight is 366 g/mol. The summed E-state index contributed by atoms with van der Waals surface area (Å²) >= 11 is 0. The van der Waals surface area contributed by atoms with Crippen molar-refractivity contribution in [2.75, 3.05) is 0 Å². The third-order valence-electron chi connectivity index (χ3n) is 5.07. The van der Waals surface area contributed by atoms with Gasteiger partial charge in [-0.3, -0.25) is 0 Å². The minimum Gasteiger partial charge on any atom is -0.325 e. The van der Waals surface area contributed by atoms with Gasteiger partial charge in [-0.05, 0) is 68.3 Å². The number of allylic oxidation sites excluding steroid dienone is 1. The second-order valence-electron chi connectivity index (χ2n) is 7.14. The van der Waals surface area contributed by atoms with Crippen LogP contribution in [0.1, 0.15) is 22.5 Å². The molecule has 0 bridgehead atoms. The minimum atomic E-state index is 0.505. The van der Waals surface area contributed by atoms with Crippen molar-refractivity contribution in [1.82, 2.24) is 14.1 Å². The van der Waals surface area contributed by atoms with E-state index in [-0.39, 0.29) is 0 Å². The fraction of sp³-hybridized carbons (Fsp3) is 0.167. The van der Waals surface area contributed by atoms with Crippen molar-refractivity contribution in [2.45, 2.75) is 27.3 Å². The summed E-state index contributed by atoms with van der Waals surface area (Å²) in [7, 11) is 0. The minimum absolute atomic E-state index is 0.505. The van der Waals surface area contributed by atoms with Crippen molar-refractivity contribution >= 4 is 17.1 Å². The Morgan fingerprint density at radius 1 is 1.07 bits per heavy atom. The van der Waals surface area contributed by atoms with Gasteiger partial charge in [-0.1, -0.05) is 24.3 Å². The summed E-state index contributed by atoms with van der Waals surface area (Å²) in [5, 5.41) is 9.72. The van der Waals surface area contributed by atoms with Crippen molar-refractivity contribution in [2.24, 2.45) is 0 Å². The Balaban J connectivity index is 1.71. The van der Waals surface area contributed by atoms with Gasteiger partial charge in [0.2, 0.25) is 0 Å². The second-order valence-corrected chi connectivity index (χ2v) is 7.14. The van der Waals surface area contributed by atoms with Crippen molar-refractivity contribution in [3.8, 4) is 11.8 Å². The van der Waals surface area contributed by atoms with Gasteiger partial charge in [0, 0.05) is 22.6 Å². The van der Waals surface area contributed by atoms with Crippen molar-refractivity contribution in [3.63, 3.8) is 0 Å². The van der Waals surface area contributed by atoms with Crippen LogP contribution in [0, 0.1) is 32.1 Å². The average Bonchev–Trinajstić information content (AvgIpc) is 3.22. The molecule has 0 aliphatic carbocycles. The maximum atomic E-state index is 9.72. The number of imidazole rings is 1. The van der Waals surface area contributed by atoms with Gasteiger partial charge in [0.1, 0.15) is 0 Å². The molecule has 0 fully saturated rings. The van der Waals surface area contributed by atoms with E-state index in [1.54, 1.807) is 6.33 Å². The standard InChI is InChI=1S/C24H22N4/c1-17-7-6-8-22(11-17)28-18(2)12-21(19(28)3)13-20(14-25)15-27-16-26-23-9-4-5-10-24(23)27/h4-13,16H,15H2,1-3H3/b20-13-. The largest absolute Gasteiger partial charge is 0.325 e. The van der Waals surface area contributed by atoms with E-state index < -0.39 is 0 Å². The van der Waals surface area contributed by atoms with Crippen molar-refractivity contribution in [1.29, 1.82) is 5.26 Å². The van der Waals surface area contributed by atoms with Crippen molar-refractivity contribution in [3.05, 3.63) is 89.0 Å². The number of benzene rings is 2. The van der Waals surface area contributed by atoms with E-state index in [1.165, 1.54) is 5.56 Å². The Labute approximate surface area is 165 Å². The van der Waals surface area contributed by atoms with Crippen LogP contribution in [0.3, 0.4) is 0 Å². The van der Waals surface area contributed by atoms with Gasteiger partial charge in [0.25, 0.3) is 0 Å². The van der Waals surface area contributed by atoms with E-state index >= 15 is 0 Å². The first-order chi connectivity index (χ1) is 13.6. The number of aromatic nitrogens is 3. The molecule has 2 aromatic heterocycles. The summed E-state index contributed by atoms with van der Waals surface area (Å²) < 4.78 is 4.25. The van der Waals surface area contributed by atoms with Gasteiger partial charge in [-0.15, -0.1) is 0 Å². The third kappa shape index (κ3) is 3.23. The Bertz CT molecular complexity index is 1230. The highest BCUT2D eigenvalue weighted by molar-refractivity contribution is 5.75. The van der Waals surface area contributed by atoms with Crippen LogP contribution in [0.5, 0.6) is 0 Å². The van der Waals surface area contributed by atoms with E-state index in [9.17, 15) is 5.26 Å². The van der Waals surface area contributed by atoms with Crippen LogP contribution in [0.25, 0.3) is 22.8 Å². The Morgan fingerprint density at radius 2 is 1.89 bits per heavy atom. The molecule has 138 valence electrons. The molecule has 0 N–H and O–H groups in total.